The Bertz CT molecular complexity index is 704. The summed E-state index contributed by atoms with van der Waals surface area (Å²) in [5, 5.41) is 0. The number of piperidine rings is 1. The molecule has 0 aromatic carbocycles. The Morgan fingerprint density at radius 1 is 1.19 bits per heavy atom. The fourth-order valence-corrected chi connectivity index (χ4v) is 3.92. The number of primary amides is 1. The molecule has 142 valence electrons. The summed E-state index contributed by atoms with van der Waals surface area (Å²) in [6.07, 6.45) is 1.07. The number of hydrogen-bond donors (Lipinski definition) is 1. The highest BCUT2D eigenvalue weighted by Gasteiger charge is 2.26. The third kappa shape index (κ3) is 5.39. The van der Waals surface area contributed by atoms with Gasteiger partial charge in [0.05, 0.1) is 6.42 Å². The van der Waals surface area contributed by atoms with Gasteiger partial charge in [0.2, 0.25) is 5.91 Å². The minimum Gasteiger partial charge on any atom is -0.456 e. The van der Waals surface area contributed by atoms with Crippen LogP contribution in [-0.2, 0) is 19.1 Å². The molecule has 1 aliphatic heterocycles. The number of hydrogen-bond acceptors (Lipinski definition) is 6. The average Bonchev–Trinajstić information content (AvgIpc) is 2.95. The molecule has 1 saturated heterocycles. The van der Waals surface area contributed by atoms with Gasteiger partial charge in [-0.1, -0.05) is 0 Å². The van der Waals surface area contributed by atoms with Gasteiger partial charge in [-0.25, -0.2) is 0 Å². The maximum absolute atomic E-state index is 12.1. The maximum Gasteiger partial charge on any atom is 0.306 e. The zero-order valence-electron chi connectivity index (χ0n) is 15.1. The standard InChI is InChI=1S/C18H24N2O5S/c1-11-9-14(12(2)26-11)15(21)3-4-17(23)25-10-16(22)20-7-5-13(6-8-20)18(19)24/h9,13H,3-8,10H2,1-2H3,(H2,19,24). The summed E-state index contributed by atoms with van der Waals surface area (Å²) in [6.45, 7) is 4.33. The monoisotopic (exact) mass is 380 g/mol. The number of esters is 1. The Hall–Kier alpha value is -2.22. The molecule has 1 fully saturated rings. The number of Topliss-reactive ketones (excluding diaryl/α,β-unsaturated/α-hetero) is 1. The van der Waals surface area contributed by atoms with E-state index in [-0.39, 0.29) is 43.0 Å². The van der Waals surface area contributed by atoms with Crippen molar-refractivity contribution < 1.29 is 23.9 Å². The molecular formula is C18H24N2O5S. The van der Waals surface area contributed by atoms with Gasteiger partial charge in [0.1, 0.15) is 0 Å². The summed E-state index contributed by atoms with van der Waals surface area (Å²) in [6, 6.07) is 1.83. The number of thiophene rings is 1. The van der Waals surface area contributed by atoms with Crippen LogP contribution in [0.5, 0.6) is 0 Å². The summed E-state index contributed by atoms with van der Waals surface area (Å²) in [5.41, 5.74) is 5.91. The number of nitrogens with zero attached hydrogens (tertiary/aromatic N) is 1. The second-order valence-corrected chi connectivity index (χ2v) is 7.93. The predicted molar refractivity (Wildman–Crippen MR) is 96.8 cm³/mol. The van der Waals surface area contributed by atoms with Crippen LogP contribution < -0.4 is 5.73 Å². The van der Waals surface area contributed by atoms with Gasteiger partial charge in [-0.15, -0.1) is 11.3 Å². The fourth-order valence-electron chi connectivity index (χ4n) is 2.98. The molecule has 2 rings (SSSR count). The SMILES string of the molecule is Cc1cc(C(=O)CCC(=O)OCC(=O)N2CCC(C(N)=O)CC2)c(C)s1. The van der Waals surface area contributed by atoms with E-state index in [2.05, 4.69) is 0 Å². The Balaban J connectivity index is 1.70. The second kappa shape index (κ2) is 8.93. The van der Waals surface area contributed by atoms with Crippen LogP contribution in [0.15, 0.2) is 6.07 Å². The lowest BCUT2D eigenvalue weighted by molar-refractivity contribution is -0.152. The van der Waals surface area contributed by atoms with Crippen LogP contribution >= 0.6 is 11.3 Å². The van der Waals surface area contributed by atoms with Crippen LogP contribution in [0, 0.1) is 19.8 Å². The van der Waals surface area contributed by atoms with Crippen LogP contribution in [0.2, 0.25) is 0 Å². The van der Waals surface area contributed by atoms with E-state index in [9.17, 15) is 19.2 Å². The first-order valence-corrected chi connectivity index (χ1v) is 9.42. The number of carbonyl (C=O) groups excluding carboxylic acids is 4. The van der Waals surface area contributed by atoms with Crippen molar-refractivity contribution in [2.45, 2.75) is 39.5 Å². The first kappa shape index (κ1) is 20.1. The molecule has 2 N–H and O–H groups in total. The van der Waals surface area contributed by atoms with Crippen molar-refractivity contribution >= 4 is 34.9 Å². The number of amides is 2. The van der Waals surface area contributed by atoms with E-state index in [4.69, 9.17) is 10.5 Å². The van der Waals surface area contributed by atoms with E-state index in [0.29, 0.717) is 31.5 Å². The Morgan fingerprint density at radius 2 is 1.85 bits per heavy atom. The molecule has 0 saturated carbocycles. The summed E-state index contributed by atoms with van der Waals surface area (Å²) in [5.74, 6) is -1.50. The zero-order chi connectivity index (χ0) is 19.3. The van der Waals surface area contributed by atoms with Gasteiger partial charge in [-0.2, -0.15) is 0 Å². The molecule has 0 spiro atoms. The molecule has 1 aromatic heterocycles. The minimum absolute atomic E-state index is 0.0514. The third-order valence-electron chi connectivity index (χ3n) is 4.50. The number of carbonyl (C=O) groups is 4. The number of rotatable bonds is 7. The lowest BCUT2D eigenvalue weighted by atomic mass is 9.96. The lowest BCUT2D eigenvalue weighted by Crippen LogP contribution is -2.43. The van der Waals surface area contributed by atoms with E-state index in [1.54, 1.807) is 16.2 Å². The number of nitrogens with two attached hydrogens (primary N) is 1. The Morgan fingerprint density at radius 3 is 2.38 bits per heavy atom. The second-order valence-electron chi connectivity index (χ2n) is 6.47. The lowest BCUT2D eigenvalue weighted by Gasteiger charge is -2.30. The van der Waals surface area contributed by atoms with Crippen molar-refractivity contribution in [2.75, 3.05) is 19.7 Å². The summed E-state index contributed by atoms with van der Waals surface area (Å²) < 4.78 is 4.98. The first-order chi connectivity index (χ1) is 12.3. The van der Waals surface area contributed by atoms with Crippen LogP contribution in [-0.4, -0.2) is 48.2 Å². The topological polar surface area (TPSA) is 107 Å². The van der Waals surface area contributed by atoms with Gasteiger partial charge < -0.3 is 15.4 Å². The van der Waals surface area contributed by atoms with E-state index in [1.165, 1.54) is 0 Å². The fraction of sp³-hybridized carbons (Fsp3) is 0.556. The van der Waals surface area contributed by atoms with Crippen molar-refractivity contribution in [3.8, 4) is 0 Å². The molecule has 1 aliphatic rings. The highest BCUT2D eigenvalue weighted by Crippen LogP contribution is 2.22. The highest BCUT2D eigenvalue weighted by atomic mass is 32.1. The smallest absolute Gasteiger partial charge is 0.306 e. The van der Waals surface area contributed by atoms with Crippen molar-refractivity contribution in [1.82, 2.24) is 4.90 Å². The zero-order valence-corrected chi connectivity index (χ0v) is 15.9. The molecule has 1 aromatic rings. The van der Waals surface area contributed by atoms with Gasteiger partial charge >= 0.3 is 5.97 Å². The van der Waals surface area contributed by atoms with Crippen molar-refractivity contribution in [2.24, 2.45) is 11.7 Å². The van der Waals surface area contributed by atoms with Crippen molar-refractivity contribution in [3.05, 3.63) is 21.4 Å². The first-order valence-electron chi connectivity index (χ1n) is 8.61. The molecule has 0 radical (unpaired) electrons. The molecule has 26 heavy (non-hydrogen) atoms. The number of ether oxygens (including phenoxy) is 1. The van der Waals surface area contributed by atoms with E-state index >= 15 is 0 Å². The van der Waals surface area contributed by atoms with Crippen molar-refractivity contribution in [3.63, 3.8) is 0 Å². The van der Waals surface area contributed by atoms with Gasteiger partial charge in [0, 0.05) is 40.7 Å². The van der Waals surface area contributed by atoms with Crippen LogP contribution in [0.25, 0.3) is 0 Å². The number of ketones is 1. The molecule has 2 amide bonds. The maximum atomic E-state index is 12.1. The quantitative estimate of drug-likeness (QED) is 0.571. The highest BCUT2D eigenvalue weighted by molar-refractivity contribution is 7.12. The Labute approximate surface area is 156 Å². The number of aryl methyl sites for hydroxylation is 2. The largest absolute Gasteiger partial charge is 0.456 e. The minimum atomic E-state index is -0.566. The Kier molecular flexibility index (Phi) is 6.90. The molecule has 7 nitrogen and oxygen atoms in total. The van der Waals surface area contributed by atoms with Gasteiger partial charge in [-0.3, -0.25) is 19.2 Å². The van der Waals surface area contributed by atoms with Crippen molar-refractivity contribution in [1.29, 1.82) is 0 Å². The molecule has 0 unspecified atom stereocenters. The summed E-state index contributed by atoms with van der Waals surface area (Å²) in [4.78, 5) is 50.7. The normalized spacial score (nSPS) is 14.9. The van der Waals surface area contributed by atoms with E-state index in [1.807, 2.05) is 19.9 Å². The average molecular weight is 380 g/mol. The van der Waals surface area contributed by atoms with Gasteiger partial charge in [0.25, 0.3) is 5.91 Å². The van der Waals surface area contributed by atoms with E-state index < -0.39 is 5.97 Å². The van der Waals surface area contributed by atoms with Crippen LogP contribution in [0.1, 0.15) is 45.8 Å². The molecule has 0 aliphatic carbocycles. The van der Waals surface area contributed by atoms with Gasteiger partial charge in [-0.05, 0) is 32.8 Å². The molecule has 0 bridgehead atoms. The predicted octanol–water partition coefficient (Wildman–Crippen LogP) is 1.59. The molecule has 0 atom stereocenters. The molecule has 2 heterocycles. The third-order valence-corrected chi connectivity index (χ3v) is 5.47. The summed E-state index contributed by atoms with van der Waals surface area (Å²) >= 11 is 1.55. The molecular weight excluding hydrogens is 356 g/mol. The van der Waals surface area contributed by atoms with Crippen LogP contribution in [0.4, 0.5) is 0 Å². The van der Waals surface area contributed by atoms with Gasteiger partial charge in [0.15, 0.2) is 12.4 Å². The summed E-state index contributed by atoms with van der Waals surface area (Å²) in [7, 11) is 0. The number of likely N-dealkylation sites (tertiary alicyclic amines) is 1. The van der Waals surface area contributed by atoms with Crippen LogP contribution in [0.3, 0.4) is 0 Å². The molecule has 8 heteroatoms. The van der Waals surface area contributed by atoms with E-state index in [0.717, 1.165) is 9.75 Å².